The first kappa shape index (κ1) is 15.0. The maximum atomic E-state index is 13.6. The molecule has 112 valence electrons. The normalized spacial score (nSPS) is 10.4. The van der Waals surface area contributed by atoms with E-state index in [1.54, 1.807) is 6.07 Å². The maximum absolute atomic E-state index is 13.6. The standard InChI is InChI=1S/C14H17FN4O2/c1-21-13-3-2-10(6-12(13)15)9-19-14(20)7-11(8-18-19)17-5-4-16/h2-3,6-8,17H,4-5,9,16H2,1H3. The quantitative estimate of drug-likeness (QED) is 0.823. The van der Waals surface area contributed by atoms with Crippen molar-refractivity contribution in [3.05, 3.63) is 52.2 Å². The van der Waals surface area contributed by atoms with Gasteiger partial charge in [0.1, 0.15) is 0 Å². The Bertz CT molecular complexity index is 672. The van der Waals surface area contributed by atoms with Crippen LogP contribution in [0.15, 0.2) is 35.3 Å². The van der Waals surface area contributed by atoms with E-state index in [2.05, 4.69) is 10.4 Å². The molecule has 0 unspecified atom stereocenters. The third-order valence-electron chi connectivity index (χ3n) is 2.89. The molecule has 0 atom stereocenters. The highest BCUT2D eigenvalue weighted by Gasteiger charge is 2.06. The number of halogens is 1. The molecule has 6 nitrogen and oxygen atoms in total. The van der Waals surface area contributed by atoms with E-state index in [1.807, 2.05) is 0 Å². The van der Waals surface area contributed by atoms with Gasteiger partial charge in [-0.1, -0.05) is 6.07 Å². The predicted molar refractivity (Wildman–Crippen MR) is 78.1 cm³/mol. The minimum absolute atomic E-state index is 0.167. The van der Waals surface area contributed by atoms with Gasteiger partial charge in [-0.25, -0.2) is 9.07 Å². The molecule has 21 heavy (non-hydrogen) atoms. The highest BCUT2D eigenvalue weighted by Crippen LogP contribution is 2.17. The van der Waals surface area contributed by atoms with Crippen molar-refractivity contribution in [2.24, 2.45) is 5.73 Å². The SMILES string of the molecule is COc1ccc(Cn2ncc(NCCN)cc2=O)cc1F. The van der Waals surface area contributed by atoms with Gasteiger partial charge in [-0.2, -0.15) is 5.10 Å². The molecule has 1 aromatic heterocycles. The summed E-state index contributed by atoms with van der Waals surface area (Å²) in [5.74, 6) is -0.301. The number of anilines is 1. The number of hydrogen-bond donors (Lipinski definition) is 2. The number of methoxy groups -OCH3 is 1. The van der Waals surface area contributed by atoms with Crippen molar-refractivity contribution < 1.29 is 9.13 Å². The first-order valence-corrected chi connectivity index (χ1v) is 6.47. The van der Waals surface area contributed by atoms with Crippen molar-refractivity contribution in [2.45, 2.75) is 6.54 Å². The fraction of sp³-hybridized carbons (Fsp3) is 0.286. The van der Waals surface area contributed by atoms with Crippen molar-refractivity contribution in [3.8, 4) is 5.75 Å². The lowest BCUT2D eigenvalue weighted by Crippen LogP contribution is -2.24. The van der Waals surface area contributed by atoms with E-state index >= 15 is 0 Å². The Labute approximate surface area is 121 Å². The highest BCUT2D eigenvalue weighted by atomic mass is 19.1. The van der Waals surface area contributed by atoms with Gasteiger partial charge in [0.05, 0.1) is 25.5 Å². The van der Waals surface area contributed by atoms with Crippen molar-refractivity contribution in [1.29, 1.82) is 0 Å². The van der Waals surface area contributed by atoms with Gasteiger partial charge in [0.2, 0.25) is 0 Å². The molecule has 0 spiro atoms. The minimum atomic E-state index is -0.468. The van der Waals surface area contributed by atoms with Crippen LogP contribution >= 0.6 is 0 Å². The zero-order valence-corrected chi connectivity index (χ0v) is 11.7. The Morgan fingerprint density at radius 1 is 1.43 bits per heavy atom. The summed E-state index contributed by atoms with van der Waals surface area (Å²) in [6.45, 7) is 1.22. The molecule has 3 N–H and O–H groups in total. The summed E-state index contributed by atoms with van der Waals surface area (Å²) in [5.41, 5.74) is 6.35. The van der Waals surface area contributed by atoms with Crippen LogP contribution in [0.3, 0.4) is 0 Å². The van der Waals surface area contributed by atoms with Crippen LogP contribution < -0.4 is 21.3 Å². The summed E-state index contributed by atoms with van der Waals surface area (Å²) < 4.78 is 19.7. The lowest BCUT2D eigenvalue weighted by molar-refractivity contribution is 0.386. The Hall–Kier alpha value is -2.41. The van der Waals surface area contributed by atoms with E-state index in [1.165, 1.54) is 36.2 Å². The van der Waals surface area contributed by atoms with E-state index in [4.69, 9.17) is 10.5 Å². The van der Waals surface area contributed by atoms with Crippen molar-refractivity contribution in [2.75, 3.05) is 25.5 Å². The average molecular weight is 292 g/mol. The summed E-state index contributed by atoms with van der Waals surface area (Å²) >= 11 is 0. The lowest BCUT2D eigenvalue weighted by atomic mass is 10.2. The van der Waals surface area contributed by atoms with Crippen molar-refractivity contribution in [1.82, 2.24) is 9.78 Å². The van der Waals surface area contributed by atoms with Gasteiger partial charge < -0.3 is 15.8 Å². The van der Waals surface area contributed by atoms with E-state index in [0.717, 1.165) is 0 Å². The third kappa shape index (κ3) is 3.79. The molecule has 0 aliphatic carbocycles. The molecule has 0 saturated heterocycles. The molecular weight excluding hydrogens is 275 g/mol. The number of hydrogen-bond acceptors (Lipinski definition) is 5. The zero-order chi connectivity index (χ0) is 15.2. The second kappa shape index (κ2) is 6.85. The molecule has 0 bridgehead atoms. The van der Waals surface area contributed by atoms with Gasteiger partial charge in [-0.05, 0) is 17.7 Å². The first-order chi connectivity index (χ1) is 10.1. The molecule has 2 aromatic rings. The Balaban J connectivity index is 2.16. The number of nitrogens with two attached hydrogens (primary N) is 1. The Kier molecular flexibility index (Phi) is 4.89. The molecule has 0 aliphatic heterocycles. The molecule has 7 heteroatoms. The molecule has 1 aromatic carbocycles. The smallest absolute Gasteiger partial charge is 0.269 e. The van der Waals surface area contributed by atoms with Crippen LogP contribution in [-0.4, -0.2) is 30.0 Å². The molecule has 2 rings (SSSR count). The van der Waals surface area contributed by atoms with Crippen LogP contribution in [0.25, 0.3) is 0 Å². The highest BCUT2D eigenvalue weighted by molar-refractivity contribution is 5.38. The van der Waals surface area contributed by atoms with Gasteiger partial charge in [-0.15, -0.1) is 0 Å². The van der Waals surface area contributed by atoms with Crippen LogP contribution in [0.4, 0.5) is 10.1 Å². The van der Waals surface area contributed by atoms with Crippen LogP contribution in [0.2, 0.25) is 0 Å². The number of nitrogens with zero attached hydrogens (tertiary/aromatic N) is 2. The molecule has 0 saturated carbocycles. The van der Waals surface area contributed by atoms with Crippen LogP contribution in [0, 0.1) is 5.82 Å². The van der Waals surface area contributed by atoms with E-state index < -0.39 is 5.82 Å². The molecule has 1 heterocycles. The van der Waals surface area contributed by atoms with Crippen molar-refractivity contribution >= 4 is 5.69 Å². The van der Waals surface area contributed by atoms with E-state index in [0.29, 0.717) is 24.3 Å². The summed E-state index contributed by atoms with van der Waals surface area (Å²) in [5, 5.41) is 7.02. The fourth-order valence-corrected chi connectivity index (χ4v) is 1.85. The number of rotatable bonds is 6. The Morgan fingerprint density at radius 2 is 2.24 bits per heavy atom. The maximum Gasteiger partial charge on any atom is 0.269 e. The summed E-state index contributed by atoms with van der Waals surface area (Å²) in [7, 11) is 1.40. The molecule has 0 radical (unpaired) electrons. The van der Waals surface area contributed by atoms with Gasteiger partial charge in [0.15, 0.2) is 11.6 Å². The van der Waals surface area contributed by atoms with Gasteiger partial charge in [-0.3, -0.25) is 4.79 Å². The first-order valence-electron chi connectivity index (χ1n) is 6.47. The van der Waals surface area contributed by atoms with Gasteiger partial charge in [0, 0.05) is 19.2 Å². The largest absolute Gasteiger partial charge is 0.494 e. The number of aromatic nitrogens is 2. The summed E-state index contributed by atoms with van der Waals surface area (Å²) in [4.78, 5) is 11.9. The minimum Gasteiger partial charge on any atom is -0.494 e. The molecular formula is C14H17FN4O2. The second-order valence-electron chi connectivity index (χ2n) is 4.42. The van der Waals surface area contributed by atoms with Crippen LogP contribution in [-0.2, 0) is 6.54 Å². The lowest BCUT2D eigenvalue weighted by Gasteiger charge is -2.08. The number of ether oxygens (including phenoxy) is 1. The molecule has 0 aliphatic rings. The Morgan fingerprint density at radius 3 is 2.86 bits per heavy atom. The van der Waals surface area contributed by atoms with E-state index in [-0.39, 0.29) is 17.9 Å². The molecule has 0 amide bonds. The zero-order valence-electron chi connectivity index (χ0n) is 11.7. The van der Waals surface area contributed by atoms with Crippen LogP contribution in [0.1, 0.15) is 5.56 Å². The van der Waals surface area contributed by atoms with Gasteiger partial charge in [0.25, 0.3) is 5.56 Å². The fourth-order valence-electron chi connectivity index (χ4n) is 1.85. The average Bonchev–Trinajstić information content (AvgIpc) is 2.48. The molecule has 0 fully saturated rings. The topological polar surface area (TPSA) is 82.2 Å². The monoisotopic (exact) mass is 292 g/mol. The summed E-state index contributed by atoms with van der Waals surface area (Å²) in [6, 6.07) is 5.97. The van der Waals surface area contributed by atoms with Gasteiger partial charge >= 0.3 is 0 Å². The van der Waals surface area contributed by atoms with Crippen molar-refractivity contribution in [3.63, 3.8) is 0 Å². The predicted octanol–water partition coefficient (Wildman–Crippen LogP) is 0.810. The number of benzene rings is 1. The van der Waals surface area contributed by atoms with E-state index in [9.17, 15) is 9.18 Å². The second-order valence-corrected chi connectivity index (χ2v) is 4.42. The summed E-state index contributed by atoms with van der Waals surface area (Å²) in [6.07, 6.45) is 1.54. The third-order valence-corrected chi connectivity index (χ3v) is 2.89. The van der Waals surface area contributed by atoms with Crippen LogP contribution in [0.5, 0.6) is 5.75 Å². The number of nitrogens with one attached hydrogen (secondary N) is 1.